The van der Waals surface area contributed by atoms with Gasteiger partial charge in [-0.25, -0.2) is 0 Å². The highest BCUT2D eigenvalue weighted by molar-refractivity contribution is 5.81. The fraction of sp³-hybridized carbons (Fsp3) is 0.776. The van der Waals surface area contributed by atoms with E-state index in [1.165, 1.54) is 61.8 Å². The Hall–Kier alpha value is -2.83. The normalized spacial score (nSPS) is 39.0. The van der Waals surface area contributed by atoms with Crippen molar-refractivity contribution in [3.8, 4) is 0 Å². The first-order chi connectivity index (χ1) is 26.3. The van der Waals surface area contributed by atoms with Crippen molar-refractivity contribution in [2.45, 2.75) is 164 Å². The summed E-state index contributed by atoms with van der Waals surface area (Å²) in [7, 11) is 0. The lowest BCUT2D eigenvalue weighted by molar-refractivity contribution is -0.250. The van der Waals surface area contributed by atoms with Crippen molar-refractivity contribution in [2.75, 3.05) is 18.0 Å². The molecule has 10 atom stereocenters. The molecule has 56 heavy (non-hydrogen) atoms. The number of hydrogen-bond acceptors (Lipinski definition) is 5. The standard InChI is InChI=1S/C49H74N2O5/c1-32(2)35-19-24-49(29-40(52)50-31-33-13-15-34(16-14-33)51-27-11-10-12-28-51)26-25-47(8)36(42(35)49)17-18-38-46(7)22-21-39(56-41(53)30-44(3,4)43(54)55)45(5,6)37(46)20-23-48(38,47)9/h13-16,35-39,42H,1,10-12,17-31H2,2-9H3,(H,50,52)(H,54,55)/t35-,36+,37-,38+,39-,42+,46-,47+,48+,49+/m0/s1. The van der Waals surface area contributed by atoms with Crippen molar-refractivity contribution in [3.63, 3.8) is 0 Å². The number of amides is 1. The number of aliphatic carboxylic acids is 1. The summed E-state index contributed by atoms with van der Waals surface area (Å²) >= 11 is 0. The summed E-state index contributed by atoms with van der Waals surface area (Å²) in [6.07, 6.45) is 15.3. The summed E-state index contributed by atoms with van der Waals surface area (Å²) in [5, 5.41) is 13.0. The molecule has 5 aliphatic carbocycles. The van der Waals surface area contributed by atoms with Gasteiger partial charge in [-0.15, -0.1) is 0 Å². The van der Waals surface area contributed by atoms with Crippen LogP contribution in [-0.4, -0.2) is 42.1 Å². The number of nitrogens with one attached hydrogen (secondary N) is 1. The van der Waals surface area contributed by atoms with Crippen LogP contribution in [0.3, 0.4) is 0 Å². The van der Waals surface area contributed by atoms with Gasteiger partial charge in [0.2, 0.25) is 5.91 Å². The van der Waals surface area contributed by atoms with Gasteiger partial charge in [0.05, 0.1) is 11.8 Å². The molecule has 1 aliphatic heterocycles. The molecule has 1 aromatic carbocycles. The molecular weight excluding hydrogens is 697 g/mol. The van der Waals surface area contributed by atoms with Crippen molar-refractivity contribution in [3.05, 3.63) is 42.0 Å². The maximum Gasteiger partial charge on any atom is 0.309 e. The van der Waals surface area contributed by atoms with Crippen LogP contribution in [0.2, 0.25) is 0 Å². The molecule has 0 radical (unpaired) electrons. The van der Waals surface area contributed by atoms with Gasteiger partial charge in [0.25, 0.3) is 0 Å². The van der Waals surface area contributed by atoms with E-state index >= 15 is 0 Å². The smallest absolute Gasteiger partial charge is 0.309 e. The highest BCUT2D eigenvalue weighted by Gasteiger charge is 2.71. The van der Waals surface area contributed by atoms with Crippen molar-refractivity contribution < 1.29 is 24.2 Å². The SMILES string of the molecule is C=C(C)[C@@H]1CC[C@]2(CC(=O)NCc3ccc(N4CCCCC4)cc3)CC[C@]3(C)[C@H](CC[C@@H]4[C@@]5(C)CC[C@H](OC(=O)CC(C)(C)C(=O)O)C(C)(C)[C@@H]5CC[C@]43C)[C@@H]12. The molecule has 0 unspecified atom stereocenters. The van der Waals surface area contributed by atoms with Gasteiger partial charge in [-0.05, 0) is 173 Å². The number of allylic oxidation sites excluding steroid dienone is 1. The van der Waals surface area contributed by atoms with Crippen molar-refractivity contribution >= 4 is 23.5 Å². The molecule has 7 heteroatoms. The van der Waals surface area contributed by atoms with Gasteiger partial charge in [0.15, 0.2) is 0 Å². The minimum Gasteiger partial charge on any atom is -0.481 e. The number of hydrogen-bond donors (Lipinski definition) is 2. The Labute approximate surface area is 338 Å². The molecule has 6 aliphatic rings. The van der Waals surface area contributed by atoms with E-state index in [2.05, 4.69) is 82.6 Å². The number of benzene rings is 1. The predicted octanol–water partition coefficient (Wildman–Crippen LogP) is 10.8. The summed E-state index contributed by atoms with van der Waals surface area (Å²) in [6, 6.07) is 8.86. The quantitative estimate of drug-likeness (QED) is 0.182. The molecule has 5 saturated carbocycles. The molecule has 1 amide bonds. The first-order valence-electron chi connectivity index (χ1n) is 22.5. The number of carbonyl (C=O) groups is 3. The van der Waals surface area contributed by atoms with Gasteiger partial charge in [-0.2, -0.15) is 0 Å². The highest BCUT2D eigenvalue weighted by atomic mass is 16.5. The Bertz CT molecular complexity index is 1680. The fourth-order valence-electron chi connectivity index (χ4n) is 15.0. The molecule has 0 spiro atoms. The highest BCUT2D eigenvalue weighted by Crippen LogP contribution is 2.78. The number of rotatable bonds is 10. The Kier molecular flexibility index (Phi) is 10.9. The van der Waals surface area contributed by atoms with Gasteiger partial charge < -0.3 is 20.1 Å². The Balaban J connectivity index is 1.06. The van der Waals surface area contributed by atoms with Gasteiger partial charge in [0.1, 0.15) is 6.10 Å². The number of carboxylic acids is 1. The van der Waals surface area contributed by atoms with E-state index < -0.39 is 17.4 Å². The average molecular weight is 771 g/mol. The van der Waals surface area contributed by atoms with E-state index in [0.29, 0.717) is 42.6 Å². The maximum atomic E-state index is 14.0. The zero-order chi connectivity index (χ0) is 40.5. The topological polar surface area (TPSA) is 95.9 Å². The van der Waals surface area contributed by atoms with E-state index in [9.17, 15) is 19.5 Å². The van der Waals surface area contributed by atoms with E-state index in [1.807, 2.05) is 0 Å². The molecule has 6 fully saturated rings. The van der Waals surface area contributed by atoms with Crippen molar-refractivity contribution in [2.24, 2.45) is 62.1 Å². The minimum atomic E-state index is -1.14. The van der Waals surface area contributed by atoms with Crippen LogP contribution >= 0.6 is 0 Å². The first kappa shape index (κ1) is 41.3. The number of nitrogens with zero attached hydrogens (tertiary/aromatic N) is 1. The second-order valence-electron chi connectivity index (χ2n) is 21.9. The number of ether oxygens (including phenoxy) is 1. The molecule has 7 nitrogen and oxygen atoms in total. The summed E-state index contributed by atoms with van der Waals surface area (Å²) < 4.78 is 6.20. The number of carbonyl (C=O) groups excluding carboxylic acids is 2. The van der Waals surface area contributed by atoms with Crippen LogP contribution in [0.1, 0.15) is 157 Å². The third-order valence-electron chi connectivity index (χ3n) is 18.3. The lowest BCUT2D eigenvalue weighted by Gasteiger charge is -2.73. The van der Waals surface area contributed by atoms with Crippen LogP contribution in [0.4, 0.5) is 5.69 Å². The van der Waals surface area contributed by atoms with Crippen molar-refractivity contribution in [1.29, 1.82) is 0 Å². The summed E-state index contributed by atoms with van der Waals surface area (Å²) in [5.41, 5.74) is 2.96. The van der Waals surface area contributed by atoms with Gasteiger partial charge in [0, 0.05) is 37.2 Å². The molecular formula is C49H74N2O5. The van der Waals surface area contributed by atoms with Gasteiger partial charge in [-0.1, -0.05) is 58.9 Å². The second-order valence-corrected chi connectivity index (χ2v) is 21.9. The molecule has 310 valence electrons. The van der Waals surface area contributed by atoms with Crippen LogP contribution in [0, 0.1) is 62.1 Å². The monoisotopic (exact) mass is 771 g/mol. The molecule has 1 saturated heterocycles. The lowest BCUT2D eigenvalue weighted by atomic mass is 9.32. The van der Waals surface area contributed by atoms with E-state index in [-0.39, 0.29) is 45.5 Å². The first-order valence-corrected chi connectivity index (χ1v) is 22.5. The molecule has 1 heterocycles. The number of piperidine rings is 1. The number of anilines is 1. The zero-order valence-electron chi connectivity index (χ0n) is 36.2. The number of esters is 1. The van der Waals surface area contributed by atoms with E-state index in [4.69, 9.17) is 4.74 Å². The van der Waals surface area contributed by atoms with Crippen LogP contribution in [0.15, 0.2) is 36.4 Å². The average Bonchev–Trinajstić information content (AvgIpc) is 3.52. The fourth-order valence-corrected chi connectivity index (χ4v) is 15.0. The summed E-state index contributed by atoms with van der Waals surface area (Å²) in [6.45, 7) is 25.4. The van der Waals surface area contributed by atoms with Gasteiger partial charge >= 0.3 is 11.9 Å². The Morgan fingerprint density at radius 2 is 1.55 bits per heavy atom. The van der Waals surface area contributed by atoms with Crippen LogP contribution in [-0.2, 0) is 25.7 Å². The van der Waals surface area contributed by atoms with Gasteiger partial charge in [-0.3, -0.25) is 14.4 Å². The second kappa shape index (κ2) is 14.8. The summed E-state index contributed by atoms with van der Waals surface area (Å²) in [5.74, 6) is 1.38. The minimum absolute atomic E-state index is 0.0272. The van der Waals surface area contributed by atoms with Crippen LogP contribution < -0.4 is 10.2 Å². The molecule has 0 aromatic heterocycles. The zero-order valence-corrected chi connectivity index (χ0v) is 36.2. The largest absolute Gasteiger partial charge is 0.481 e. The maximum absolute atomic E-state index is 14.0. The number of carboxylic acid groups (broad SMARTS) is 1. The Morgan fingerprint density at radius 1 is 0.857 bits per heavy atom. The lowest BCUT2D eigenvalue weighted by Crippen LogP contribution is -2.67. The van der Waals surface area contributed by atoms with E-state index in [0.717, 1.165) is 51.6 Å². The molecule has 7 rings (SSSR count). The third kappa shape index (κ3) is 6.85. The number of fused-ring (bicyclic) bond motifs is 7. The third-order valence-corrected chi connectivity index (χ3v) is 18.3. The van der Waals surface area contributed by atoms with Crippen LogP contribution in [0.25, 0.3) is 0 Å². The Morgan fingerprint density at radius 3 is 2.21 bits per heavy atom. The summed E-state index contributed by atoms with van der Waals surface area (Å²) in [4.78, 5) is 41.4. The van der Waals surface area contributed by atoms with Crippen molar-refractivity contribution in [1.82, 2.24) is 5.32 Å². The molecule has 0 bridgehead atoms. The predicted molar refractivity (Wildman–Crippen MR) is 224 cm³/mol. The molecule has 2 N–H and O–H groups in total. The van der Waals surface area contributed by atoms with E-state index in [1.54, 1.807) is 13.8 Å². The molecule has 1 aromatic rings. The van der Waals surface area contributed by atoms with Crippen LogP contribution in [0.5, 0.6) is 0 Å².